The van der Waals surface area contributed by atoms with Crippen molar-refractivity contribution in [3.63, 3.8) is 0 Å². The van der Waals surface area contributed by atoms with E-state index in [9.17, 15) is 4.79 Å². The highest BCUT2D eigenvalue weighted by Crippen LogP contribution is 2.30. The average molecular weight is 219 g/mol. The molecule has 0 spiro atoms. The van der Waals surface area contributed by atoms with Crippen LogP contribution in [0.5, 0.6) is 0 Å². The molecule has 1 N–H and O–H groups in total. The molecule has 16 heavy (non-hydrogen) atoms. The minimum atomic E-state index is -0.705. The molecule has 2 rings (SSSR count). The van der Waals surface area contributed by atoms with Crippen molar-refractivity contribution in [1.29, 1.82) is 0 Å². The Hall–Kier alpha value is -1.35. The van der Waals surface area contributed by atoms with E-state index in [1.54, 1.807) is 0 Å². The van der Waals surface area contributed by atoms with Gasteiger partial charge in [0.15, 0.2) is 0 Å². The third-order valence-corrected chi connectivity index (χ3v) is 3.43. The van der Waals surface area contributed by atoms with Crippen molar-refractivity contribution in [1.82, 2.24) is 4.90 Å². The van der Waals surface area contributed by atoms with Crippen LogP contribution in [0.4, 0.5) is 0 Å². The van der Waals surface area contributed by atoms with Gasteiger partial charge in [-0.3, -0.25) is 9.69 Å². The monoisotopic (exact) mass is 219 g/mol. The SMILES string of the molecule is CN1CC[C@@H](c2ccccc2)C[C@@H]1C(=O)O. The number of benzene rings is 1. The van der Waals surface area contributed by atoms with Gasteiger partial charge in [0.2, 0.25) is 0 Å². The van der Waals surface area contributed by atoms with Gasteiger partial charge >= 0.3 is 5.97 Å². The van der Waals surface area contributed by atoms with E-state index >= 15 is 0 Å². The molecule has 1 saturated heterocycles. The zero-order valence-corrected chi connectivity index (χ0v) is 9.47. The van der Waals surface area contributed by atoms with Crippen LogP contribution in [0.3, 0.4) is 0 Å². The predicted octanol–water partition coefficient (Wildman–Crippen LogP) is 1.95. The topological polar surface area (TPSA) is 40.5 Å². The van der Waals surface area contributed by atoms with Crippen molar-refractivity contribution < 1.29 is 9.90 Å². The molecular formula is C13H17NO2. The number of hydrogen-bond donors (Lipinski definition) is 1. The van der Waals surface area contributed by atoms with Gasteiger partial charge in [0.1, 0.15) is 6.04 Å². The maximum Gasteiger partial charge on any atom is 0.320 e. The maximum absolute atomic E-state index is 11.1. The molecule has 3 nitrogen and oxygen atoms in total. The van der Waals surface area contributed by atoms with E-state index in [0.29, 0.717) is 5.92 Å². The van der Waals surface area contributed by atoms with Gasteiger partial charge in [-0.1, -0.05) is 30.3 Å². The van der Waals surface area contributed by atoms with E-state index in [-0.39, 0.29) is 6.04 Å². The van der Waals surface area contributed by atoms with Gasteiger partial charge in [0, 0.05) is 0 Å². The van der Waals surface area contributed by atoms with Crippen LogP contribution in [0.15, 0.2) is 30.3 Å². The molecule has 86 valence electrons. The Bertz CT molecular complexity index is 363. The van der Waals surface area contributed by atoms with Crippen molar-refractivity contribution >= 4 is 5.97 Å². The number of piperidine rings is 1. The normalized spacial score (nSPS) is 26.6. The summed E-state index contributed by atoms with van der Waals surface area (Å²) in [6.07, 6.45) is 1.76. The third kappa shape index (κ3) is 2.25. The molecule has 0 aliphatic carbocycles. The van der Waals surface area contributed by atoms with E-state index in [0.717, 1.165) is 19.4 Å². The van der Waals surface area contributed by atoms with Crippen LogP contribution in [0.2, 0.25) is 0 Å². The molecule has 0 unspecified atom stereocenters. The van der Waals surface area contributed by atoms with Crippen LogP contribution in [-0.4, -0.2) is 35.6 Å². The maximum atomic E-state index is 11.1. The van der Waals surface area contributed by atoms with Gasteiger partial charge in [0.25, 0.3) is 0 Å². The van der Waals surface area contributed by atoms with Crippen LogP contribution in [0.1, 0.15) is 24.3 Å². The second kappa shape index (κ2) is 4.66. The van der Waals surface area contributed by atoms with Gasteiger partial charge in [0.05, 0.1) is 0 Å². The highest BCUT2D eigenvalue weighted by molar-refractivity contribution is 5.73. The number of carbonyl (C=O) groups is 1. The van der Waals surface area contributed by atoms with E-state index in [1.165, 1.54) is 5.56 Å². The summed E-state index contributed by atoms with van der Waals surface area (Å²) >= 11 is 0. The van der Waals surface area contributed by atoms with Gasteiger partial charge < -0.3 is 5.11 Å². The second-order valence-corrected chi connectivity index (χ2v) is 4.47. The summed E-state index contributed by atoms with van der Waals surface area (Å²) in [5, 5.41) is 9.13. The number of rotatable bonds is 2. The molecule has 1 heterocycles. The number of carboxylic acid groups (broad SMARTS) is 1. The van der Waals surface area contributed by atoms with Crippen molar-refractivity contribution in [3.8, 4) is 0 Å². The van der Waals surface area contributed by atoms with Crippen molar-refractivity contribution in [3.05, 3.63) is 35.9 Å². The minimum Gasteiger partial charge on any atom is -0.480 e. The average Bonchev–Trinajstić information content (AvgIpc) is 2.30. The Balaban J connectivity index is 2.12. The lowest BCUT2D eigenvalue weighted by molar-refractivity contribution is -0.144. The third-order valence-electron chi connectivity index (χ3n) is 3.43. The van der Waals surface area contributed by atoms with Crippen LogP contribution in [0, 0.1) is 0 Å². The van der Waals surface area contributed by atoms with Crippen LogP contribution in [-0.2, 0) is 4.79 Å². The molecule has 1 aliphatic rings. The van der Waals surface area contributed by atoms with E-state index < -0.39 is 5.97 Å². The summed E-state index contributed by atoms with van der Waals surface area (Å²) in [6, 6.07) is 9.88. The van der Waals surface area contributed by atoms with Crippen LogP contribution < -0.4 is 0 Å². The lowest BCUT2D eigenvalue weighted by Gasteiger charge is -2.34. The molecule has 2 atom stereocenters. The molecule has 1 aromatic carbocycles. The van der Waals surface area contributed by atoms with Gasteiger partial charge in [-0.2, -0.15) is 0 Å². The Kier molecular flexibility index (Phi) is 3.25. The van der Waals surface area contributed by atoms with E-state index in [4.69, 9.17) is 5.11 Å². The van der Waals surface area contributed by atoms with Crippen molar-refractivity contribution in [2.45, 2.75) is 24.8 Å². The van der Waals surface area contributed by atoms with Gasteiger partial charge in [-0.25, -0.2) is 0 Å². The molecule has 0 bridgehead atoms. The fraction of sp³-hybridized carbons (Fsp3) is 0.462. The number of aliphatic carboxylic acids is 1. The smallest absolute Gasteiger partial charge is 0.320 e. The molecular weight excluding hydrogens is 202 g/mol. The number of likely N-dealkylation sites (N-methyl/N-ethyl adjacent to an activating group) is 1. The van der Waals surface area contributed by atoms with Crippen molar-refractivity contribution in [2.24, 2.45) is 0 Å². The van der Waals surface area contributed by atoms with Gasteiger partial charge in [-0.15, -0.1) is 0 Å². The minimum absolute atomic E-state index is 0.334. The fourth-order valence-corrected chi connectivity index (χ4v) is 2.40. The highest BCUT2D eigenvalue weighted by Gasteiger charge is 2.31. The molecule has 1 fully saturated rings. The summed E-state index contributed by atoms with van der Waals surface area (Å²) in [4.78, 5) is 13.0. The molecule has 0 saturated carbocycles. The van der Waals surface area contributed by atoms with E-state index in [2.05, 4.69) is 12.1 Å². The first-order chi connectivity index (χ1) is 7.68. The summed E-state index contributed by atoms with van der Waals surface area (Å²) in [6.45, 7) is 0.858. The molecule has 3 heteroatoms. The largest absolute Gasteiger partial charge is 0.480 e. The van der Waals surface area contributed by atoms with Gasteiger partial charge in [-0.05, 0) is 37.9 Å². The lowest BCUT2D eigenvalue weighted by atomic mass is 9.85. The van der Waals surface area contributed by atoms with Crippen LogP contribution in [0.25, 0.3) is 0 Å². The summed E-state index contributed by atoms with van der Waals surface area (Å²) < 4.78 is 0. The zero-order valence-electron chi connectivity index (χ0n) is 9.47. The summed E-state index contributed by atoms with van der Waals surface area (Å²) in [5.74, 6) is -0.318. The molecule has 0 amide bonds. The fourth-order valence-electron chi connectivity index (χ4n) is 2.40. The Morgan fingerprint density at radius 1 is 1.38 bits per heavy atom. The standard InChI is InChI=1S/C13H17NO2/c1-14-8-7-11(9-12(14)13(15)16)10-5-3-2-4-6-10/h2-6,11-12H,7-9H2,1H3,(H,15,16)/t11-,12-/m1/s1. The quantitative estimate of drug-likeness (QED) is 0.826. The molecule has 0 radical (unpaired) electrons. The molecule has 0 aromatic heterocycles. The number of likely N-dealkylation sites (tertiary alicyclic amines) is 1. The Morgan fingerprint density at radius 2 is 2.06 bits per heavy atom. The zero-order chi connectivity index (χ0) is 11.5. The predicted molar refractivity (Wildman–Crippen MR) is 62.5 cm³/mol. The lowest BCUT2D eigenvalue weighted by Crippen LogP contribution is -2.44. The summed E-state index contributed by atoms with van der Waals surface area (Å²) in [7, 11) is 1.89. The van der Waals surface area contributed by atoms with Crippen molar-refractivity contribution in [2.75, 3.05) is 13.6 Å². The highest BCUT2D eigenvalue weighted by atomic mass is 16.4. The summed E-state index contributed by atoms with van der Waals surface area (Å²) in [5.41, 5.74) is 1.27. The first kappa shape index (κ1) is 11.1. The Labute approximate surface area is 95.7 Å². The first-order valence-corrected chi connectivity index (χ1v) is 5.66. The van der Waals surface area contributed by atoms with E-state index in [1.807, 2.05) is 30.1 Å². The molecule has 1 aromatic rings. The Morgan fingerprint density at radius 3 is 2.69 bits per heavy atom. The first-order valence-electron chi connectivity index (χ1n) is 5.66. The van der Waals surface area contributed by atoms with Crippen LogP contribution >= 0.6 is 0 Å². The molecule has 1 aliphatic heterocycles. The number of nitrogens with zero attached hydrogens (tertiary/aromatic N) is 1. The number of carboxylic acids is 1. The number of hydrogen-bond acceptors (Lipinski definition) is 2. The second-order valence-electron chi connectivity index (χ2n) is 4.47.